The lowest BCUT2D eigenvalue weighted by atomic mass is 9.64. The first-order valence-electron chi connectivity index (χ1n) is 18.7. The number of hydrogen-bond donors (Lipinski definition) is 2. The van der Waals surface area contributed by atoms with Crippen molar-refractivity contribution in [2.24, 2.45) is 5.41 Å². The SMILES string of the molecule is CCCN(CC1(O)CCC2c3ccc(cc3C(=O)c3cc4ccccc4s3)CC(O)CCC(C)=CCCC21C)C(=O)Oc1ccc2ccccc2c1. The molecule has 1 aromatic heterocycles. The number of carbonyl (C=O) groups excluding carboxylic acids is 2. The highest BCUT2D eigenvalue weighted by Gasteiger charge is 2.57. The number of ether oxygens (including phenoxy) is 1. The Balaban J connectivity index is 1.25. The second-order valence-corrected chi connectivity index (χ2v) is 16.3. The van der Waals surface area contributed by atoms with Gasteiger partial charge in [-0.15, -0.1) is 11.3 Å². The van der Waals surface area contributed by atoms with Crippen LogP contribution in [0.3, 0.4) is 0 Å². The van der Waals surface area contributed by atoms with E-state index in [4.69, 9.17) is 4.74 Å². The zero-order valence-corrected chi connectivity index (χ0v) is 31.3. The molecule has 4 aromatic carbocycles. The minimum Gasteiger partial charge on any atom is -0.410 e. The Kier molecular flexibility index (Phi) is 10.4. The van der Waals surface area contributed by atoms with Crippen LogP contribution in [0.15, 0.2) is 103 Å². The number of aliphatic hydroxyl groups excluding tert-OH is 1. The minimum absolute atomic E-state index is 0.0280. The van der Waals surface area contributed by atoms with Crippen LogP contribution in [-0.2, 0) is 6.42 Å². The van der Waals surface area contributed by atoms with Crippen LogP contribution in [0.4, 0.5) is 4.79 Å². The van der Waals surface area contributed by atoms with Gasteiger partial charge in [0, 0.05) is 22.2 Å². The van der Waals surface area contributed by atoms with E-state index in [1.807, 2.05) is 85.8 Å². The molecule has 2 N–H and O–H groups in total. The summed E-state index contributed by atoms with van der Waals surface area (Å²) in [7, 11) is 0. The summed E-state index contributed by atoms with van der Waals surface area (Å²) < 4.78 is 7.03. The molecule has 7 heteroatoms. The molecule has 3 aliphatic rings. The smallest absolute Gasteiger partial charge is 0.410 e. The Bertz CT molecular complexity index is 2100. The number of rotatable bonds is 7. The first kappa shape index (κ1) is 36.1. The predicted octanol–water partition coefficient (Wildman–Crippen LogP) is 10.2. The van der Waals surface area contributed by atoms with Gasteiger partial charge in [-0.2, -0.15) is 0 Å². The van der Waals surface area contributed by atoms with Crippen LogP contribution in [0, 0.1) is 5.41 Å². The Morgan fingerprint density at radius 3 is 2.48 bits per heavy atom. The molecule has 270 valence electrons. The van der Waals surface area contributed by atoms with Gasteiger partial charge in [0.15, 0.2) is 0 Å². The fraction of sp³-hybridized carbons (Fsp3) is 0.378. The summed E-state index contributed by atoms with van der Waals surface area (Å²) in [5.74, 6) is 0.307. The molecule has 6 nitrogen and oxygen atoms in total. The summed E-state index contributed by atoms with van der Waals surface area (Å²) >= 11 is 1.50. The fourth-order valence-electron chi connectivity index (χ4n) is 8.64. The van der Waals surface area contributed by atoms with Crippen molar-refractivity contribution in [2.75, 3.05) is 13.1 Å². The Labute approximate surface area is 310 Å². The second-order valence-electron chi connectivity index (χ2n) is 15.2. The summed E-state index contributed by atoms with van der Waals surface area (Å²) in [6, 6.07) is 29.8. The van der Waals surface area contributed by atoms with E-state index < -0.39 is 23.2 Å². The summed E-state index contributed by atoms with van der Waals surface area (Å²) in [6.45, 7) is 6.87. The molecule has 1 amide bonds. The molecule has 1 fully saturated rings. The van der Waals surface area contributed by atoms with E-state index in [1.54, 1.807) is 4.90 Å². The minimum atomic E-state index is -1.24. The van der Waals surface area contributed by atoms with Crippen LogP contribution >= 0.6 is 11.3 Å². The second kappa shape index (κ2) is 15.0. The zero-order chi connectivity index (χ0) is 36.5. The first-order chi connectivity index (χ1) is 25.1. The lowest BCUT2D eigenvalue weighted by Crippen LogP contribution is -2.54. The van der Waals surface area contributed by atoms with Gasteiger partial charge in [-0.25, -0.2) is 4.79 Å². The fourth-order valence-corrected chi connectivity index (χ4v) is 9.66. The van der Waals surface area contributed by atoms with Gasteiger partial charge in [0.05, 0.1) is 23.1 Å². The molecule has 4 unspecified atom stereocenters. The van der Waals surface area contributed by atoms with Crippen LogP contribution in [0.5, 0.6) is 5.75 Å². The Morgan fingerprint density at radius 2 is 1.69 bits per heavy atom. The van der Waals surface area contributed by atoms with Crippen molar-refractivity contribution in [2.45, 2.75) is 89.8 Å². The number of fused-ring (bicyclic) bond motifs is 10. The first-order valence-corrected chi connectivity index (χ1v) is 19.6. The van der Waals surface area contributed by atoms with Crippen molar-refractivity contribution in [1.29, 1.82) is 0 Å². The van der Waals surface area contributed by atoms with E-state index in [-0.39, 0.29) is 18.2 Å². The van der Waals surface area contributed by atoms with Crippen molar-refractivity contribution in [3.63, 3.8) is 0 Å². The van der Waals surface area contributed by atoms with E-state index in [0.717, 1.165) is 44.8 Å². The molecule has 4 atom stereocenters. The Morgan fingerprint density at radius 1 is 0.923 bits per heavy atom. The van der Waals surface area contributed by atoms with Crippen LogP contribution in [0.25, 0.3) is 20.9 Å². The topological polar surface area (TPSA) is 87.1 Å². The maximum Gasteiger partial charge on any atom is 0.415 e. The van der Waals surface area contributed by atoms with Gasteiger partial charge in [0.25, 0.3) is 0 Å². The maximum absolute atomic E-state index is 14.6. The lowest BCUT2D eigenvalue weighted by Gasteiger charge is -2.46. The summed E-state index contributed by atoms with van der Waals surface area (Å²) in [6.07, 6.45) is 6.42. The molecule has 0 aliphatic heterocycles. The normalized spacial score (nSPS) is 23.6. The number of nitrogens with zero attached hydrogens (tertiary/aromatic N) is 1. The number of ketones is 1. The maximum atomic E-state index is 14.6. The van der Waals surface area contributed by atoms with E-state index in [1.165, 1.54) is 16.9 Å². The highest BCUT2D eigenvalue weighted by Crippen LogP contribution is 2.59. The van der Waals surface area contributed by atoms with Gasteiger partial charge in [0.1, 0.15) is 5.75 Å². The van der Waals surface area contributed by atoms with Gasteiger partial charge in [-0.05, 0) is 122 Å². The molecule has 2 bridgehead atoms. The van der Waals surface area contributed by atoms with Gasteiger partial charge >= 0.3 is 6.09 Å². The van der Waals surface area contributed by atoms with Crippen molar-refractivity contribution in [1.82, 2.24) is 4.90 Å². The van der Waals surface area contributed by atoms with E-state index in [0.29, 0.717) is 61.3 Å². The highest BCUT2D eigenvalue weighted by atomic mass is 32.1. The molecule has 52 heavy (non-hydrogen) atoms. The van der Waals surface area contributed by atoms with Crippen molar-refractivity contribution >= 4 is 44.1 Å². The number of carbonyl (C=O) groups is 2. The lowest BCUT2D eigenvalue weighted by molar-refractivity contribution is -0.0790. The standard InChI is InChI=1S/C45H49NO5S/c1-4-24-46(43(49)51-36-19-17-32-11-5-6-12-33(32)27-36)29-45(50)23-21-39-37-20-16-31(25-35(47)18-15-30(2)10-9-22-44(39,45)3)26-38(37)42(48)41-28-34-13-7-8-14-40(34)52-41/h5-8,10-14,16-17,19-20,26-28,35,39,47,50H,4,9,15,18,21-25,29H2,1-3H3. The van der Waals surface area contributed by atoms with Crippen LogP contribution < -0.4 is 4.74 Å². The quantitative estimate of drug-likeness (QED) is 0.129. The van der Waals surface area contributed by atoms with Crippen molar-refractivity contribution < 1.29 is 24.5 Å². The molecule has 1 saturated carbocycles. The summed E-state index contributed by atoms with van der Waals surface area (Å²) in [5, 5.41) is 27.0. The van der Waals surface area contributed by atoms with Gasteiger partial charge < -0.3 is 19.8 Å². The number of amides is 1. The summed E-state index contributed by atoms with van der Waals surface area (Å²) in [4.78, 5) is 30.8. The van der Waals surface area contributed by atoms with Crippen molar-refractivity contribution in [3.05, 3.63) is 124 Å². The third kappa shape index (κ3) is 7.19. The van der Waals surface area contributed by atoms with Crippen LogP contribution in [0.1, 0.15) is 98.0 Å². The highest BCUT2D eigenvalue weighted by molar-refractivity contribution is 7.21. The van der Waals surface area contributed by atoms with Crippen LogP contribution in [0.2, 0.25) is 0 Å². The summed E-state index contributed by atoms with van der Waals surface area (Å²) in [5.41, 5.74) is 1.82. The number of benzene rings is 4. The number of aliphatic hydroxyl groups is 2. The van der Waals surface area contributed by atoms with E-state index >= 15 is 0 Å². The monoisotopic (exact) mass is 715 g/mol. The molecular weight excluding hydrogens is 667 g/mol. The van der Waals surface area contributed by atoms with Gasteiger partial charge in [-0.1, -0.05) is 86.2 Å². The molecule has 5 aromatic rings. The molecular formula is C45H49NO5S. The van der Waals surface area contributed by atoms with Crippen LogP contribution in [-0.4, -0.2) is 51.8 Å². The van der Waals surface area contributed by atoms with Gasteiger partial charge in [-0.3, -0.25) is 4.79 Å². The third-order valence-electron chi connectivity index (χ3n) is 11.7. The molecule has 0 radical (unpaired) electrons. The van der Waals surface area contributed by atoms with Crippen molar-refractivity contribution in [3.8, 4) is 5.75 Å². The number of thiophene rings is 1. The van der Waals surface area contributed by atoms with E-state index in [2.05, 4.69) is 32.1 Å². The molecule has 0 spiro atoms. The largest absolute Gasteiger partial charge is 0.415 e. The Hall–Kier alpha value is -4.30. The van der Waals surface area contributed by atoms with E-state index in [9.17, 15) is 19.8 Å². The molecule has 1 heterocycles. The number of allylic oxidation sites excluding steroid dienone is 2. The average Bonchev–Trinajstić information content (AvgIpc) is 3.68. The third-order valence-corrected chi connectivity index (χ3v) is 12.8. The molecule has 8 rings (SSSR count). The molecule has 3 aliphatic carbocycles. The average molecular weight is 716 g/mol. The van der Waals surface area contributed by atoms with Gasteiger partial charge in [0.2, 0.25) is 5.78 Å². The molecule has 0 saturated heterocycles. The predicted molar refractivity (Wildman–Crippen MR) is 211 cm³/mol. The zero-order valence-electron chi connectivity index (χ0n) is 30.4. The number of hydrogen-bond acceptors (Lipinski definition) is 6.